The number of nitrogens with zero attached hydrogens (tertiary/aromatic N) is 3. The fourth-order valence-corrected chi connectivity index (χ4v) is 12.6. The van der Waals surface area contributed by atoms with E-state index in [-0.39, 0.29) is 25.9 Å². The minimum Gasteiger partial charge on any atom is 0 e. The molecule has 0 bridgehead atoms. The van der Waals surface area contributed by atoms with Gasteiger partial charge >= 0.3 is 120 Å². The van der Waals surface area contributed by atoms with Crippen LogP contribution in [0.5, 0.6) is 0 Å². The Morgan fingerprint density at radius 2 is 1.50 bits per heavy atom. The molecule has 0 atom stereocenters. The summed E-state index contributed by atoms with van der Waals surface area (Å²) >= 11 is -0.210. The Hall–Kier alpha value is -5.70. The molecule has 0 amide bonds. The van der Waals surface area contributed by atoms with Crippen molar-refractivity contribution in [3.05, 3.63) is 181 Å². The van der Waals surface area contributed by atoms with Crippen molar-refractivity contribution in [2.45, 2.75) is 37.0 Å². The molecule has 4 aromatic heterocycles. The molecule has 0 N–H and O–H groups in total. The summed E-state index contributed by atoms with van der Waals surface area (Å²) in [5.41, 5.74) is 10.1. The van der Waals surface area contributed by atoms with Crippen LogP contribution in [0.15, 0.2) is 162 Å². The normalized spacial score (nSPS) is 12.1. The largest absolute Gasteiger partial charge is 0 e. The summed E-state index contributed by atoms with van der Waals surface area (Å²) in [6.07, 6.45) is 2.00. The molecule has 0 unspecified atom stereocenters. The molecule has 4 nitrogen and oxygen atoms in total. The van der Waals surface area contributed by atoms with E-state index in [0.717, 1.165) is 78.0 Å². The first-order chi connectivity index (χ1) is 29.9. The second-order valence-electron chi connectivity index (χ2n) is 16.6. The number of fused-ring (bicyclic) bond motifs is 7. The second-order valence-corrected chi connectivity index (χ2v) is 28.3. The SMILES string of the molecule is Fc1cccc(-c2ccc3c(c2)oc2c[c-]c(-c4nc5ccccc5n4-c4ccc5sc6ccccc6c5c4)cc23)c1.[2H]C(C)(C)c1cc(-c2[c-]cccc2)nc[c]1[Ge]([CH3])([CH3])[CH3].[Ir]. The van der Waals surface area contributed by atoms with E-state index in [9.17, 15) is 4.39 Å². The predicted octanol–water partition coefficient (Wildman–Crippen LogP) is 14.8. The van der Waals surface area contributed by atoms with E-state index < -0.39 is 19.2 Å². The van der Waals surface area contributed by atoms with Crippen LogP contribution in [-0.2, 0) is 20.1 Å². The molecule has 0 saturated heterocycles. The summed E-state index contributed by atoms with van der Waals surface area (Å²) in [6, 6.07) is 56.7. The fourth-order valence-electron chi connectivity index (χ4n) is 8.19. The van der Waals surface area contributed by atoms with Gasteiger partial charge < -0.3 is 8.98 Å². The van der Waals surface area contributed by atoms with Crippen LogP contribution in [0.1, 0.15) is 26.7 Å². The Labute approximate surface area is 382 Å². The number of hydrogen-bond acceptors (Lipinski definition) is 4. The van der Waals surface area contributed by atoms with Gasteiger partial charge in [-0.25, -0.2) is 4.39 Å². The van der Waals surface area contributed by atoms with Crippen LogP contribution in [0.4, 0.5) is 4.39 Å². The van der Waals surface area contributed by atoms with Crippen LogP contribution in [-0.4, -0.2) is 27.8 Å². The van der Waals surface area contributed by atoms with Gasteiger partial charge in [-0.05, 0) is 65.7 Å². The van der Waals surface area contributed by atoms with Crippen molar-refractivity contribution in [1.82, 2.24) is 14.5 Å². The van der Waals surface area contributed by atoms with Gasteiger partial charge in [-0.3, -0.25) is 4.98 Å². The van der Waals surface area contributed by atoms with Gasteiger partial charge in [0.25, 0.3) is 0 Å². The van der Waals surface area contributed by atoms with Crippen LogP contribution >= 0.6 is 11.3 Å². The molecule has 307 valence electrons. The molecule has 0 aliphatic rings. The molecular weight excluding hydrogens is 1020 g/mol. The van der Waals surface area contributed by atoms with E-state index in [2.05, 4.69) is 106 Å². The molecule has 4 heterocycles. The van der Waals surface area contributed by atoms with Crippen LogP contribution in [0.3, 0.4) is 0 Å². The van der Waals surface area contributed by atoms with Crippen molar-refractivity contribution in [1.29, 1.82) is 0 Å². The van der Waals surface area contributed by atoms with E-state index in [1.54, 1.807) is 6.07 Å². The Morgan fingerprint density at radius 3 is 2.31 bits per heavy atom. The molecule has 8 heteroatoms. The summed E-state index contributed by atoms with van der Waals surface area (Å²) in [6.45, 7) is 3.91. The summed E-state index contributed by atoms with van der Waals surface area (Å²) in [7, 11) is 0. The summed E-state index contributed by atoms with van der Waals surface area (Å²) in [5, 5.41) is 4.49. The Morgan fingerprint density at radius 1 is 0.710 bits per heavy atom. The summed E-state index contributed by atoms with van der Waals surface area (Å²) in [5.74, 6) is 7.01. The van der Waals surface area contributed by atoms with Gasteiger partial charge in [0.1, 0.15) is 11.4 Å². The quantitative estimate of drug-likeness (QED) is 0.123. The van der Waals surface area contributed by atoms with Crippen molar-refractivity contribution < 1.29 is 30.3 Å². The minimum absolute atomic E-state index is 0. The van der Waals surface area contributed by atoms with E-state index in [1.807, 2.05) is 98.1 Å². The molecule has 62 heavy (non-hydrogen) atoms. The topological polar surface area (TPSA) is 43.9 Å². The molecule has 11 rings (SSSR count). The zero-order chi connectivity index (χ0) is 42.8. The number of benzene rings is 7. The average molecular weight is 1070 g/mol. The van der Waals surface area contributed by atoms with Crippen molar-refractivity contribution in [2.24, 2.45) is 0 Å². The van der Waals surface area contributed by atoms with Crippen molar-refractivity contribution in [3.8, 4) is 39.5 Å². The zero-order valence-electron chi connectivity index (χ0n) is 35.9. The number of imidazole rings is 1. The van der Waals surface area contributed by atoms with Gasteiger partial charge in [-0.15, -0.1) is 35.1 Å². The number of aromatic nitrogens is 3. The van der Waals surface area contributed by atoms with Gasteiger partial charge in [-0.1, -0.05) is 60.0 Å². The number of hydrogen-bond donors (Lipinski definition) is 0. The fraction of sp³-hybridized carbons (Fsp3) is 0.111. The number of pyridine rings is 1. The average Bonchev–Trinajstić information content (AvgIpc) is 3.97. The molecule has 0 spiro atoms. The third kappa shape index (κ3) is 7.84. The smallest absolute Gasteiger partial charge is 0 e. The molecule has 7 aromatic carbocycles. The third-order valence-electron chi connectivity index (χ3n) is 11.2. The van der Waals surface area contributed by atoms with Gasteiger partial charge in [-0.2, -0.15) is 0 Å². The first-order valence-corrected chi connectivity index (χ1v) is 28.6. The standard InChI is InChI=1S/C37H20FN2OS.C17H22GeN.Ir/c38-25-7-5-6-22(18-25)23-12-15-27-29-19-24(13-16-33(29)41-34(27)20-23)37-39-31-9-2-3-10-32(31)40(37)26-14-17-36-30(21-26)28-8-1-4-11-35(28)42-36;1-13(2)15-11-17(14-9-7-6-8-10-14)19-12-16(15)18(3,4)5;/h1-12,14-21H;6-9,11-13H,1-5H3;/q2*-1;/i;13D;. The number of furan rings is 1. The maximum atomic E-state index is 13.9. The first-order valence-electron chi connectivity index (χ1n) is 20.9. The first kappa shape index (κ1) is 40.4. The maximum Gasteiger partial charge on any atom is 0 e. The van der Waals surface area contributed by atoms with E-state index >= 15 is 0 Å². The maximum absolute atomic E-state index is 13.9. The molecule has 11 aromatic rings. The second kappa shape index (κ2) is 16.9. The number of para-hydroxylation sites is 2. The number of thiophene rings is 1. The molecule has 1 radical (unpaired) electrons. The Balaban J connectivity index is 0.000000204. The number of rotatable bonds is 6. The molecular formula is C54H42FGeIrN3OS-2. The van der Waals surface area contributed by atoms with E-state index in [4.69, 9.17) is 10.8 Å². The van der Waals surface area contributed by atoms with Gasteiger partial charge in [0.2, 0.25) is 0 Å². The van der Waals surface area contributed by atoms with Crippen molar-refractivity contribution in [2.75, 3.05) is 0 Å². The Kier molecular flexibility index (Phi) is 11.0. The third-order valence-corrected chi connectivity index (χ3v) is 16.6. The van der Waals surface area contributed by atoms with Crippen LogP contribution in [0.25, 0.3) is 92.6 Å². The number of halogens is 1. The summed E-state index contributed by atoms with van der Waals surface area (Å²) in [4.78, 5) is 9.71. The minimum atomic E-state index is -2.03. The molecule has 0 aliphatic carbocycles. The van der Waals surface area contributed by atoms with Crippen LogP contribution in [0, 0.1) is 17.9 Å². The van der Waals surface area contributed by atoms with Crippen LogP contribution in [0.2, 0.25) is 17.3 Å². The Bertz CT molecular complexity index is 3470. The predicted molar refractivity (Wildman–Crippen MR) is 256 cm³/mol. The van der Waals surface area contributed by atoms with Crippen LogP contribution < -0.4 is 4.40 Å². The monoisotopic (exact) mass is 1070 g/mol. The van der Waals surface area contributed by atoms with E-state index in [1.165, 1.54) is 36.7 Å². The molecule has 0 aliphatic heterocycles. The van der Waals surface area contributed by atoms with E-state index in [0.29, 0.717) is 0 Å². The molecule has 0 fully saturated rings. The van der Waals surface area contributed by atoms with Gasteiger partial charge in [0.05, 0.1) is 22.4 Å². The van der Waals surface area contributed by atoms with Crippen molar-refractivity contribution in [3.63, 3.8) is 0 Å². The summed E-state index contributed by atoms with van der Waals surface area (Å²) < 4.78 is 34.6. The van der Waals surface area contributed by atoms with Gasteiger partial charge in [0.15, 0.2) is 0 Å². The molecule has 0 saturated carbocycles. The van der Waals surface area contributed by atoms with Crippen molar-refractivity contribution >= 4 is 82.1 Å². The zero-order valence-corrected chi connectivity index (χ0v) is 40.2. The van der Waals surface area contributed by atoms with Gasteiger partial charge in [0, 0.05) is 51.4 Å².